The van der Waals surface area contributed by atoms with E-state index in [-0.39, 0.29) is 5.54 Å². The summed E-state index contributed by atoms with van der Waals surface area (Å²) in [5.41, 5.74) is 8.28. The van der Waals surface area contributed by atoms with Crippen LogP contribution in [0.25, 0.3) is 0 Å². The van der Waals surface area contributed by atoms with Crippen molar-refractivity contribution in [2.45, 2.75) is 51.5 Å². The lowest BCUT2D eigenvalue weighted by Gasteiger charge is -2.89. The molecular weight excluding hydrogens is 170 g/mol. The standard InChI is InChI=1S/C13H21N/c1-8(2)13-10-3-9-4-11(13,6-10)7-12(13,14)5-9/h8-10H,3-7,14H2,1-2H3. The molecule has 0 aromatic heterocycles. The van der Waals surface area contributed by atoms with Crippen LogP contribution in [0.3, 0.4) is 0 Å². The largest absolute Gasteiger partial charge is 0.325 e. The molecule has 0 heterocycles. The maximum absolute atomic E-state index is 6.68. The van der Waals surface area contributed by atoms with E-state index in [1.807, 2.05) is 0 Å². The molecule has 7 saturated carbocycles. The van der Waals surface area contributed by atoms with E-state index in [0.717, 1.165) is 23.2 Å². The van der Waals surface area contributed by atoms with Gasteiger partial charge in [0.2, 0.25) is 0 Å². The van der Waals surface area contributed by atoms with E-state index in [0.29, 0.717) is 5.41 Å². The molecule has 2 N–H and O–H groups in total. The first-order valence-corrected chi connectivity index (χ1v) is 6.33. The average Bonchev–Trinajstić information content (AvgIpc) is 1.98. The molecule has 1 spiro atoms. The van der Waals surface area contributed by atoms with Crippen molar-refractivity contribution in [2.75, 3.05) is 0 Å². The van der Waals surface area contributed by atoms with E-state index in [4.69, 9.17) is 5.73 Å². The lowest BCUT2D eigenvalue weighted by atomic mass is 9.16. The van der Waals surface area contributed by atoms with Crippen LogP contribution in [-0.2, 0) is 0 Å². The van der Waals surface area contributed by atoms with E-state index in [1.54, 1.807) is 0 Å². The Balaban J connectivity index is 1.90. The van der Waals surface area contributed by atoms with Gasteiger partial charge in [-0.15, -0.1) is 0 Å². The fourth-order valence-corrected chi connectivity index (χ4v) is 7.10. The molecule has 0 aromatic rings. The van der Waals surface area contributed by atoms with Crippen molar-refractivity contribution in [1.82, 2.24) is 0 Å². The van der Waals surface area contributed by atoms with Crippen LogP contribution in [0.1, 0.15) is 46.0 Å². The van der Waals surface area contributed by atoms with Gasteiger partial charge in [-0.2, -0.15) is 0 Å². The minimum absolute atomic E-state index is 0.269. The third-order valence-corrected chi connectivity index (χ3v) is 6.50. The van der Waals surface area contributed by atoms with Crippen LogP contribution in [-0.4, -0.2) is 5.54 Å². The zero-order valence-electron chi connectivity index (χ0n) is 9.34. The molecule has 7 fully saturated rings. The van der Waals surface area contributed by atoms with Crippen molar-refractivity contribution < 1.29 is 0 Å². The summed E-state index contributed by atoms with van der Waals surface area (Å²) in [5.74, 6) is 2.84. The van der Waals surface area contributed by atoms with Gasteiger partial charge in [0.05, 0.1) is 0 Å². The first-order valence-electron chi connectivity index (χ1n) is 6.33. The van der Waals surface area contributed by atoms with Gasteiger partial charge in [0.25, 0.3) is 0 Å². The molecule has 1 nitrogen and oxygen atoms in total. The lowest BCUT2D eigenvalue weighted by molar-refractivity contribution is -0.383. The Morgan fingerprint density at radius 1 is 1.21 bits per heavy atom. The van der Waals surface area contributed by atoms with Gasteiger partial charge in [-0.25, -0.2) is 0 Å². The highest BCUT2D eigenvalue weighted by Crippen LogP contribution is 2.88. The smallest absolute Gasteiger partial charge is 0.0230 e. The third-order valence-electron chi connectivity index (χ3n) is 6.50. The molecule has 5 unspecified atom stereocenters. The molecule has 78 valence electrons. The molecule has 14 heavy (non-hydrogen) atoms. The third kappa shape index (κ3) is 0.476. The summed E-state index contributed by atoms with van der Waals surface area (Å²) in [4.78, 5) is 0. The maximum atomic E-state index is 6.68. The number of hydrogen-bond donors (Lipinski definition) is 1. The van der Waals surface area contributed by atoms with Crippen molar-refractivity contribution >= 4 is 0 Å². The van der Waals surface area contributed by atoms with Crippen molar-refractivity contribution in [3.8, 4) is 0 Å². The van der Waals surface area contributed by atoms with E-state index in [9.17, 15) is 0 Å². The lowest BCUT2D eigenvalue weighted by Crippen LogP contribution is -2.90. The Labute approximate surface area is 86.4 Å². The zero-order valence-corrected chi connectivity index (χ0v) is 9.34. The van der Waals surface area contributed by atoms with Crippen LogP contribution in [0.4, 0.5) is 0 Å². The van der Waals surface area contributed by atoms with Crippen LogP contribution >= 0.6 is 0 Å². The molecule has 5 atom stereocenters. The number of rotatable bonds is 1. The molecule has 0 amide bonds. The summed E-state index contributed by atoms with van der Waals surface area (Å²) in [5, 5.41) is 0. The second-order valence-electron chi connectivity index (χ2n) is 7.05. The topological polar surface area (TPSA) is 26.0 Å². The molecule has 0 aromatic carbocycles. The number of hydrogen-bond acceptors (Lipinski definition) is 1. The van der Waals surface area contributed by atoms with E-state index in [2.05, 4.69) is 13.8 Å². The van der Waals surface area contributed by atoms with Crippen LogP contribution in [0.2, 0.25) is 0 Å². The predicted octanol–water partition coefficient (Wildman–Crippen LogP) is 2.55. The summed E-state index contributed by atoms with van der Waals surface area (Å²) in [6, 6.07) is 0. The zero-order chi connectivity index (χ0) is 9.77. The highest BCUT2D eigenvalue weighted by molar-refractivity contribution is 5.37. The average molecular weight is 191 g/mol. The van der Waals surface area contributed by atoms with Crippen LogP contribution in [0.15, 0.2) is 0 Å². The molecular formula is C13H21N. The van der Waals surface area contributed by atoms with Gasteiger partial charge in [0.1, 0.15) is 0 Å². The van der Waals surface area contributed by atoms with Gasteiger partial charge in [0.15, 0.2) is 0 Å². The predicted molar refractivity (Wildman–Crippen MR) is 56.7 cm³/mol. The first kappa shape index (κ1) is 8.15. The SMILES string of the molecule is CC(C)C12C3CC4CC1(N)CC2(C4)C3. The fourth-order valence-electron chi connectivity index (χ4n) is 7.10. The Morgan fingerprint density at radius 3 is 2.50 bits per heavy atom. The van der Waals surface area contributed by atoms with Gasteiger partial charge in [0, 0.05) is 5.54 Å². The normalized spacial score (nSPS) is 67.7. The van der Waals surface area contributed by atoms with Gasteiger partial charge in [-0.3, -0.25) is 0 Å². The minimum atomic E-state index is 0.269. The van der Waals surface area contributed by atoms with Gasteiger partial charge >= 0.3 is 0 Å². The molecule has 7 aliphatic rings. The Hall–Kier alpha value is -0.0400. The van der Waals surface area contributed by atoms with Gasteiger partial charge < -0.3 is 5.73 Å². The number of nitrogens with two attached hydrogens (primary N) is 1. The highest BCUT2D eigenvalue weighted by Gasteiger charge is 2.86. The highest BCUT2D eigenvalue weighted by atomic mass is 15.0. The summed E-state index contributed by atoms with van der Waals surface area (Å²) in [7, 11) is 0. The minimum Gasteiger partial charge on any atom is -0.325 e. The van der Waals surface area contributed by atoms with Crippen molar-refractivity contribution in [1.29, 1.82) is 0 Å². The van der Waals surface area contributed by atoms with Crippen molar-refractivity contribution in [3.63, 3.8) is 0 Å². The second-order valence-corrected chi connectivity index (χ2v) is 7.05. The van der Waals surface area contributed by atoms with Crippen molar-refractivity contribution in [3.05, 3.63) is 0 Å². The summed E-state index contributed by atoms with van der Waals surface area (Å²) in [6.45, 7) is 4.85. The maximum Gasteiger partial charge on any atom is 0.0230 e. The van der Waals surface area contributed by atoms with E-state index >= 15 is 0 Å². The molecule has 0 aliphatic heterocycles. The van der Waals surface area contributed by atoms with Crippen LogP contribution in [0, 0.1) is 28.6 Å². The summed E-state index contributed by atoms with van der Waals surface area (Å²) >= 11 is 0. The van der Waals surface area contributed by atoms with Gasteiger partial charge in [-0.05, 0) is 60.7 Å². The first-order chi connectivity index (χ1) is 6.54. The monoisotopic (exact) mass is 191 g/mol. The van der Waals surface area contributed by atoms with Gasteiger partial charge in [-0.1, -0.05) is 13.8 Å². The van der Waals surface area contributed by atoms with E-state index in [1.165, 1.54) is 32.1 Å². The second kappa shape index (κ2) is 1.81. The Bertz CT molecular complexity index is 299. The Kier molecular flexibility index (Phi) is 1.06. The summed E-state index contributed by atoms with van der Waals surface area (Å²) < 4.78 is 0. The van der Waals surface area contributed by atoms with Crippen LogP contribution in [0.5, 0.6) is 0 Å². The molecule has 7 rings (SSSR count). The Morgan fingerprint density at radius 2 is 2.00 bits per heavy atom. The molecule has 0 radical (unpaired) electrons. The van der Waals surface area contributed by atoms with Crippen LogP contribution < -0.4 is 5.73 Å². The molecule has 0 saturated heterocycles. The quantitative estimate of drug-likeness (QED) is 0.677. The molecule has 5 bridgehead atoms. The van der Waals surface area contributed by atoms with E-state index < -0.39 is 0 Å². The van der Waals surface area contributed by atoms with Crippen molar-refractivity contribution in [2.24, 2.45) is 34.3 Å². The fraction of sp³-hybridized carbons (Fsp3) is 1.00. The molecule has 7 aliphatic carbocycles. The summed E-state index contributed by atoms with van der Waals surface area (Å²) in [6.07, 6.45) is 7.29. The molecule has 1 heteroatoms.